The molecule has 0 amide bonds. The standard InChI is InChI=1S/C15H24O3S.H3N/c1-14(2)10-6-3-4-9-13-18-19(16,17)15-11-7-5-8-12-15;/h5,7-8,11-12,14H,3-4,6,9-10,13H2,1-2H3;1H3. The zero-order valence-corrected chi connectivity index (χ0v) is 13.4. The first kappa shape index (κ1) is 19.1. The summed E-state index contributed by atoms with van der Waals surface area (Å²) in [5.74, 6) is 0.745. The molecule has 0 spiro atoms. The summed E-state index contributed by atoms with van der Waals surface area (Å²) in [6.45, 7) is 4.71. The molecule has 5 heteroatoms. The van der Waals surface area contributed by atoms with E-state index in [1.807, 2.05) is 0 Å². The summed E-state index contributed by atoms with van der Waals surface area (Å²) >= 11 is 0. The van der Waals surface area contributed by atoms with Gasteiger partial charge in [-0.1, -0.05) is 57.7 Å². The maximum absolute atomic E-state index is 11.8. The lowest BCUT2D eigenvalue weighted by molar-refractivity contribution is 0.305. The van der Waals surface area contributed by atoms with Crippen LogP contribution in [0.2, 0.25) is 0 Å². The second-order valence-corrected chi connectivity index (χ2v) is 6.80. The summed E-state index contributed by atoms with van der Waals surface area (Å²) in [7, 11) is -3.57. The molecule has 0 fully saturated rings. The monoisotopic (exact) mass is 301 g/mol. The van der Waals surface area contributed by atoms with Crippen LogP contribution in [0.1, 0.15) is 46.0 Å². The highest BCUT2D eigenvalue weighted by Gasteiger charge is 2.13. The molecule has 0 saturated carbocycles. The molecule has 1 aromatic carbocycles. The van der Waals surface area contributed by atoms with Gasteiger partial charge >= 0.3 is 0 Å². The lowest BCUT2D eigenvalue weighted by atomic mass is 10.0. The van der Waals surface area contributed by atoms with Crippen LogP contribution >= 0.6 is 0 Å². The van der Waals surface area contributed by atoms with E-state index in [9.17, 15) is 8.42 Å². The van der Waals surface area contributed by atoms with Crippen LogP contribution in [0.15, 0.2) is 35.2 Å². The lowest BCUT2D eigenvalue weighted by Crippen LogP contribution is -2.07. The van der Waals surface area contributed by atoms with Gasteiger partial charge in [0.05, 0.1) is 11.5 Å². The van der Waals surface area contributed by atoms with Gasteiger partial charge in [-0.05, 0) is 24.5 Å². The van der Waals surface area contributed by atoms with E-state index in [2.05, 4.69) is 13.8 Å². The third-order valence-corrected chi connectivity index (χ3v) is 4.27. The van der Waals surface area contributed by atoms with Crippen LogP contribution in [0.4, 0.5) is 0 Å². The van der Waals surface area contributed by atoms with Gasteiger partial charge in [0, 0.05) is 0 Å². The molecule has 0 bridgehead atoms. The van der Waals surface area contributed by atoms with Crippen molar-refractivity contribution >= 4 is 10.1 Å². The molecule has 0 aliphatic heterocycles. The smallest absolute Gasteiger partial charge is 0.296 e. The van der Waals surface area contributed by atoms with Crippen molar-refractivity contribution in [1.82, 2.24) is 6.15 Å². The van der Waals surface area contributed by atoms with Crippen molar-refractivity contribution in [2.24, 2.45) is 5.92 Å². The highest BCUT2D eigenvalue weighted by Crippen LogP contribution is 2.13. The second-order valence-electron chi connectivity index (χ2n) is 5.19. The fourth-order valence-corrected chi connectivity index (χ4v) is 2.80. The molecule has 0 aliphatic carbocycles. The Morgan fingerprint density at radius 3 is 2.20 bits per heavy atom. The Kier molecular flexibility index (Phi) is 9.46. The van der Waals surface area contributed by atoms with E-state index in [1.54, 1.807) is 30.3 Å². The summed E-state index contributed by atoms with van der Waals surface area (Å²) in [4.78, 5) is 0.231. The topological polar surface area (TPSA) is 78.4 Å². The van der Waals surface area contributed by atoms with Crippen molar-refractivity contribution in [3.8, 4) is 0 Å². The minimum atomic E-state index is -3.57. The largest absolute Gasteiger partial charge is 0.344 e. The van der Waals surface area contributed by atoms with E-state index in [-0.39, 0.29) is 17.7 Å². The zero-order chi connectivity index (χ0) is 14.1. The Morgan fingerprint density at radius 2 is 1.60 bits per heavy atom. The number of rotatable bonds is 9. The summed E-state index contributed by atoms with van der Waals surface area (Å²) in [5.41, 5.74) is 0. The summed E-state index contributed by atoms with van der Waals surface area (Å²) in [5, 5.41) is 0. The van der Waals surface area contributed by atoms with Crippen molar-refractivity contribution in [3.05, 3.63) is 30.3 Å². The molecule has 1 aromatic rings. The predicted octanol–water partition coefficient (Wildman–Crippen LogP) is 4.16. The molecule has 0 radical (unpaired) electrons. The molecule has 0 atom stereocenters. The first-order valence-electron chi connectivity index (χ1n) is 6.97. The van der Waals surface area contributed by atoms with Gasteiger partial charge in [-0.2, -0.15) is 8.42 Å². The second kappa shape index (κ2) is 9.91. The van der Waals surface area contributed by atoms with E-state index >= 15 is 0 Å². The number of benzene rings is 1. The molecule has 116 valence electrons. The molecular weight excluding hydrogens is 274 g/mol. The Morgan fingerprint density at radius 1 is 1.00 bits per heavy atom. The van der Waals surface area contributed by atoms with Crippen LogP contribution in [0, 0.1) is 5.92 Å². The van der Waals surface area contributed by atoms with Crippen molar-refractivity contribution in [3.63, 3.8) is 0 Å². The van der Waals surface area contributed by atoms with E-state index < -0.39 is 10.1 Å². The van der Waals surface area contributed by atoms with Crippen LogP contribution in [0.5, 0.6) is 0 Å². The lowest BCUT2D eigenvalue weighted by Gasteiger charge is -2.06. The molecular formula is C15H27NO3S. The van der Waals surface area contributed by atoms with Crippen molar-refractivity contribution in [2.75, 3.05) is 6.61 Å². The van der Waals surface area contributed by atoms with Gasteiger partial charge in [-0.3, -0.25) is 4.18 Å². The minimum absolute atomic E-state index is 0. The van der Waals surface area contributed by atoms with Gasteiger partial charge < -0.3 is 6.15 Å². The fraction of sp³-hybridized carbons (Fsp3) is 0.600. The van der Waals surface area contributed by atoms with Crippen molar-refractivity contribution in [1.29, 1.82) is 0 Å². The number of hydrogen-bond donors (Lipinski definition) is 1. The molecule has 1 rings (SSSR count). The van der Waals surface area contributed by atoms with E-state index in [0.29, 0.717) is 0 Å². The van der Waals surface area contributed by atoms with Gasteiger partial charge in [-0.25, -0.2) is 0 Å². The van der Waals surface area contributed by atoms with E-state index in [0.717, 1.165) is 25.2 Å². The Bertz CT molecular complexity index is 443. The maximum Gasteiger partial charge on any atom is 0.296 e. The van der Waals surface area contributed by atoms with Gasteiger partial charge in [-0.15, -0.1) is 0 Å². The molecule has 0 saturated heterocycles. The average molecular weight is 301 g/mol. The molecule has 0 aromatic heterocycles. The average Bonchev–Trinajstić information content (AvgIpc) is 2.38. The third kappa shape index (κ3) is 7.62. The van der Waals surface area contributed by atoms with E-state index in [1.165, 1.54) is 12.8 Å². The third-order valence-electron chi connectivity index (χ3n) is 2.95. The molecule has 20 heavy (non-hydrogen) atoms. The first-order valence-corrected chi connectivity index (χ1v) is 8.37. The highest BCUT2D eigenvalue weighted by molar-refractivity contribution is 7.86. The molecule has 0 unspecified atom stereocenters. The van der Waals surface area contributed by atoms with Crippen molar-refractivity contribution in [2.45, 2.75) is 50.8 Å². The summed E-state index contributed by atoms with van der Waals surface area (Å²) in [6, 6.07) is 8.29. The van der Waals surface area contributed by atoms with Crippen LogP contribution < -0.4 is 6.15 Å². The maximum atomic E-state index is 11.8. The zero-order valence-electron chi connectivity index (χ0n) is 12.5. The number of unbranched alkanes of at least 4 members (excludes halogenated alkanes) is 3. The van der Waals surface area contributed by atoms with Crippen molar-refractivity contribution < 1.29 is 12.6 Å². The van der Waals surface area contributed by atoms with Crippen LogP contribution in [-0.4, -0.2) is 15.0 Å². The quantitative estimate of drug-likeness (QED) is 0.548. The molecule has 4 nitrogen and oxygen atoms in total. The Balaban J connectivity index is 0.00000361. The van der Waals surface area contributed by atoms with Gasteiger partial charge in [0.2, 0.25) is 0 Å². The van der Waals surface area contributed by atoms with Gasteiger partial charge in [0.25, 0.3) is 10.1 Å². The summed E-state index contributed by atoms with van der Waals surface area (Å²) < 4.78 is 28.6. The van der Waals surface area contributed by atoms with Gasteiger partial charge in [0.15, 0.2) is 0 Å². The Labute approximate surface area is 123 Å². The van der Waals surface area contributed by atoms with E-state index in [4.69, 9.17) is 4.18 Å². The molecule has 3 N–H and O–H groups in total. The summed E-state index contributed by atoms with van der Waals surface area (Å²) in [6.07, 6.45) is 5.42. The minimum Gasteiger partial charge on any atom is -0.344 e. The van der Waals surface area contributed by atoms with Crippen LogP contribution in [-0.2, 0) is 14.3 Å². The Hall–Kier alpha value is -0.910. The molecule has 0 aliphatic rings. The SMILES string of the molecule is CC(C)CCCCCCOS(=O)(=O)c1ccccc1.N. The molecule has 0 heterocycles. The highest BCUT2D eigenvalue weighted by atomic mass is 32.2. The fourth-order valence-electron chi connectivity index (χ4n) is 1.83. The first-order chi connectivity index (χ1) is 9.02. The predicted molar refractivity (Wildman–Crippen MR) is 82.5 cm³/mol. The number of hydrogen-bond acceptors (Lipinski definition) is 4. The van der Waals surface area contributed by atoms with Gasteiger partial charge in [0.1, 0.15) is 0 Å². The van der Waals surface area contributed by atoms with Crippen LogP contribution in [0.3, 0.4) is 0 Å². The normalized spacial score (nSPS) is 11.3. The van der Waals surface area contributed by atoms with Crippen LogP contribution in [0.25, 0.3) is 0 Å².